The lowest BCUT2D eigenvalue weighted by molar-refractivity contribution is -0.107. The second-order valence-electron chi connectivity index (χ2n) is 7.07. The first-order valence-corrected chi connectivity index (χ1v) is 14.0. The van der Waals surface area contributed by atoms with E-state index in [0.717, 1.165) is 19.1 Å². The van der Waals surface area contributed by atoms with Gasteiger partial charge in [-0.25, -0.2) is 0 Å². The number of aldehydes is 1. The molecule has 2 aromatic rings. The lowest BCUT2D eigenvalue weighted by Crippen LogP contribution is -2.69. The molecule has 0 N–H and O–H groups in total. The molecule has 0 atom stereocenters. The van der Waals surface area contributed by atoms with Gasteiger partial charge in [0.2, 0.25) is 0 Å². The Kier molecular flexibility index (Phi) is 7.07. The van der Waals surface area contributed by atoms with E-state index in [0.29, 0.717) is 6.42 Å². The Balaban J connectivity index is 2.06. The van der Waals surface area contributed by atoms with Crippen molar-refractivity contribution in [2.24, 2.45) is 0 Å². The van der Waals surface area contributed by atoms with E-state index in [9.17, 15) is 4.79 Å². The van der Waals surface area contributed by atoms with Crippen LogP contribution in [0.3, 0.4) is 0 Å². The number of thioether (sulfide) groups is 2. The number of rotatable bonds is 8. The first kappa shape index (κ1) is 19.8. The SMILES string of the molecule is C[Si](c1ccccc1)(c1ccccc1)C1(CCCCC=O)SCCCS1. The van der Waals surface area contributed by atoms with E-state index in [4.69, 9.17) is 0 Å². The normalized spacial score (nSPS) is 17.0. The Hall–Kier alpha value is -0.973. The van der Waals surface area contributed by atoms with Gasteiger partial charge in [-0.3, -0.25) is 0 Å². The van der Waals surface area contributed by atoms with E-state index in [1.165, 1.54) is 34.7 Å². The maximum absolute atomic E-state index is 10.8. The summed E-state index contributed by atoms with van der Waals surface area (Å²) in [5.41, 5.74) is 0. The van der Waals surface area contributed by atoms with E-state index < -0.39 is 8.07 Å². The van der Waals surface area contributed by atoms with Crippen LogP contribution in [0.5, 0.6) is 0 Å². The highest BCUT2D eigenvalue weighted by atomic mass is 32.2. The molecule has 0 amide bonds. The van der Waals surface area contributed by atoms with Crippen LogP contribution in [0.4, 0.5) is 0 Å². The third kappa shape index (κ3) is 3.97. The van der Waals surface area contributed by atoms with Gasteiger partial charge < -0.3 is 4.79 Å². The van der Waals surface area contributed by atoms with Crippen LogP contribution in [0, 0.1) is 0 Å². The summed E-state index contributed by atoms with van der Waals surface area (Å²) in [6.45, 7) is 2.57. The van der Waals surface area contributed by atoms with Crippen molar-refractivity contribution in [3.63, 3.8) is 0 Å². The number of carbonyl (C=O) groups excluding carboxylic acids is 1. The lowest BCUT2D eigenvalue weighted by atomic mass is 10.2. The van der Waals surface area contributed by atoms with E-state index >= 15 is 0 Å². The predicted octanol–water partition coefficient (Wildman–Crippen LogP) is 4.74. The van der Waals surface area contributed by atoms with Crippen LogP contribution < -0.4 is 10.4 Å². The van der Waals surface area contributed by atoms with Crippen LogP contribution in [-0.4, -0.2) is 29.6 Å². The van der Waals surface area contributed by atoms with E-state index in [-0.39, 0.29) is 3.70 Å². The van der Waals surface area contributed by atoms with Crippen LogP contribution in [0.15, 0.2) is 60.7 Å². The highest BCUT2D eigenvalue weighted by Gasteiger charge is 2.53. The topological polar surface area (TPSA) is 17.1 Å². The fourth-order valence-corrected chi connectivity index (χ4v) is 14.8. The van der Waals surface area contributed by atoms with Crippen LogP contribution in [0.25, 0.3) is 0 Å². The van der Waals surface area contributed by atoms with Gasteiger partial charge in [-0.1, -0.05) is 84.0 Å². The van der Waals surface area contributed by atoms with Gasteiger partial charge in [0.15, 0.2) is 0 Å². The number of benzene rings is 2. The molecule has 1 fully saturated rings. The summed E-state index contributed by atoms with van der Waals surface area (Å²) in [6.07, 6.45) is 6.42. The van der Waals surface area contributed by atoms with E-state index in [1.54, 1.807) is 0 Å². The molecule has 0 spiro atoms. The van der Waals surface area contributed by atoms with Crippen molar-refractivity contribution in [2.75, 3.05) is 11.5 Å². The molecule has 1 aliphatic rings. The second-order valence-corrected chi connectivity index (χ2v) is 15.1. The summed E-state index contributed by atoms with van der Waals surface area (Å²) in [4.78, 5) is 10.8. The average Bonchev–Trinajstić information content (AvgIpc) is 2.72. The molecule has 2 aromatic carbocycles. The molecule has 0 saturated carbocycles. The van der Waals surface area contributed by atoms with Crippen molar-refractivity contribution in [1.82, 2.24) is 0 Å². The van der Waals surface area contributed by atoms with Gasteiger partial charge in [0.1, 0.15) is 14.4 Å². The summed E-state index contributed by atoms with van der Waals surface area (Å²) in [5.74, 6) is 2.51. The van der Waals surface area contributed by atoms with Gasteiger partial charge in [0.25, 0.3) is 0 Å². The highest BCUT2D eigenvalue weighted by molar-refractivity contribution is 8.21. The minimum Gasteiger partial charge on any atom is -0.303 e. The zero-order valence-electron chi connectivity index (χ0n) is 15.5. The molecule has 1 nitrogen and oxygen atoms in total. The number of carbonyl (C=O) groups is 1. The molecule has 0 aliphatic carbocycles. The standard InChI is InChI=1S/C22H28OS2Si/c1-26(20-12-5-2-6-13-20,21-14-7-3-8-15-21)22(16-9-4-10-17-23)24-18-11-19-25-22/h2-3,5-8,12-15,17H,4,9-11,16,18-19H2,1H3. The van der Waals surface area contributed by atoms with Crippen LogP contribution >= 0.6 is 23.5 Å². The molecular weight excluding hydrogens is 372 g/mol. The quantitative estimate of drug-likeness (QED) is 0.362. The molecule has 1 saturated heterocycles. The molecule has 26 heavy (non-hydrogen) atoms. The highest BCUT2D eigenvalue weighted by Crippen LogP contribution is 2.51. The summed E-state index contributed by atoms with van der Waals surface area (Å²) in [6, 6.07) is 22.4. The Morgan fingerprint density at radius 2 is 1.46 bits per heavy atom. The molecule has 1 heterocycles. The summed E-state index contributed by atoms with van der Waals surface area (Å²) in [7, 11) is -1.97. The van der Waals surface area contributed by atoms with Crippen LogP contribution in [0.1, 0.15) is 32.1 Å². The zero-order valence-corrected chi connectivity index (χ0v) is 18.2. The Bertz CT molecular complexity index is 644. The predicted molar refractivity (Wildman–Crippen MR) is 121 cm³/mol. The van der Waals surface area contributed by atoms with Crippen molar-refractivity contribution < 1.29 is 4.79 Å². The molecule has 138 valence electrons. The largest absolute Gasteiger partial charge is 0.303 e. The first-order valence-electron chi connectivity index (χ1n) is 9.55. The van der Waals surface area contributed by atoms with Gasteiger partial charge in [-0.2, -0.15) is 0 Å². The van der Waals surface area contributed by atoms with Gasteiger partial charge in [-0.15, -0.1) is 23.5 Å². The average molecular weight is 401 g/mol. The number of hydrogen-bond acceptors (Lipinski definition) is 3. The summed E-state index contributed by atoms with van der Waals surface area (Å²) in [5, 5.41) is 3.06. The van der Waals surface area contributed by atoms with Crippen LogP contribution in [0.2, 0.25) is 6.55 Å². The maximum atomic E-state index is 10.8. The monoisotopic (exact) mass is 400 g/mol. The Morgan fingerprint density at radius 1 is 0.923 bits per heavy atom. The van der Waals surface area contributed by atoms with Gasteiger partial charge in [0, 0.05) is 6.42 Å². The fourth-order valence-electron chi connectivity index (χ4n) is 3.99. The molecule has 0 bridgehead atoms. The van der Waals surface area contributed by atoms with Gasteiger partial charge in [0.05, 0.1) is 3.70 Å². The molecular formula is C22H28OS2Si. The third-order valence-corrected chi connectivity index (χ3v) is 16.6. The molecule has 0 aromatic heterocycles. The third-order valence-electron chi connectivity index (χ3n) is 5.50. The fraction of sp³-hybridized carbons (Fsp3) is 0.409. The van der Waals surface area contributed by atoms with Crippen molar-refractivity contribution in [3.05, 3.63) is 60.7 Å². The van der Waals surface area contributed by atoms with Crippen molar-refractivity contribution >= 4 is 48.3 Å². The minimum absolute atomic E-state index is 0.247. The zero-order chi connectivity index (χ0) is 18.3. The summed E-state index contributed by atoms with van der Waals surface area (Å²) < 4.78 is 0.247. The smallest absolute Gasteiger partial charge is 0.142 e. The van der Waals surface area contributed by atoms with Gasteiger partial charge >= 0.3 is 0 Å². The van der Waals surface area contributed by atoms with Crippen molar-refractivity contribution in [1.29, 1.82) is 0 Å². The van der Waals surface area contributed by atoms with Crippen LogP contribution in [-0.2, 0) is 4.79 Å². The summed E-state index contributed by atoms with van der Waals surface area (Å²) >= 11 is 4.40. The lowest BCUT2D eigenvalue weighted by Gasteiger charge is -2.49. The number of unbranched alkanes of at least 4 members (excludes halogenated alkanes) is 2. The molecule has 4 heteroatoms. The van der Waals surface area contributed by atoms with Crippen molar-refractivity contribution in [3.8, 4) is 0 Å². The number of hydrogen-bond donors (Lipinski definition) is 0. The first-order chi connectivity index (χ1) is 12.7. The van der Waals surface area contributed by atoms with E-state index in [2.05, 4.69) is 90.7 Å². The Morgan fingerprint density at radius 3 is 1.96 bits per heavy atom. The molecule has 0 unspecified atom stereocenters. The van der Waals surface area contributed by atoms with Crippen molar-refractivity contribution in [2.45, 2.75) is 42.4 Å². The molecule has 3 rings (SSSR count). The second kappa shape index (κ2) is 9.29. The minimum atomic E-state index is -1.97. The molecule has 1 aliphatic heterocycles. The van der Waals surface area contributed by atoms with E-state index in [1.807, 2.05) is 0 Å². The Labute approximate surface area is 167 Å². The molecule has 0 radical (unpaired) electrons. The maximum Gasteiger partial charge on any atom is 0.142 e. The van der Waals surface area contributed by atoms with Gasteiger partial charge in [-0.05, 0) is 30.8 Å².